The Morgan fingerprint density at radius 1 is 1.20 bits per heavy atom. The van der Waals surface area contributed by atoms with Crippen LogP contribution in [0, 0.1) is 11.8 Å². The van der Waals surface area contributed by atoms with E-state index < -0.39 is 5.60 Å². The number of anilines is 3. The number of hydrogen-bond acceptors (Lipinski definition) is 3. The number of carbonyl (C=O) groups is 2. The Hall–Kier alpha value is -2.53. The van der Waals surface area contributed by atoms with Crippen LogP contribution < -0.4 is 15.0 Å². The van der Waals surface area contributed by atoms with Crippen molar-refractivity contribution >= 4 is 40.5 Å². The van der Waals surface area contributed by atoms with E-state index in [2.05, 4.69) is 19.2 Å². The lowest BCUT2D eigenvalue weighted by Gasteiger charge is -2.41. The van der Waals surface area contributed by atoms with Crippen molar-refractivity contribution in [2.24, 2.45) is 11.8 Å². The van der Waals surface area contributed by atoms with E-state index in [0.29, 0.717) is 34.3 Å². The van der Waals surface area contributed by atoms with Crippen molar-refractivity contribution in [2.75, 3.05) is 10.2 Å². The molecule has 2 atom stereocenters. The van der Waals surface area contributed by atoms with Gasteiger partial charge in [-0.3, -0.25) is 14.5 Å². The largest absolute Gasteiger partial charge is 0.475 e. The first-order valence-electron chi connectivity index (χ1n) is 10.4. The standard InChI is InChI=1S/C24H29ClN2O3/c1-6-16(4)22(28)26-18-10-11-20-21(13-18)30-24(5,14-15(2)3)23(29)27(20)19-9-7-8-17(25)12-19/h7-13,15-16H,6,14H2,1-5H3,(H,26,28)/t16-,24?/m1/s1. The summed E-state index contributed by atoms with van der Waals surface area (Å²) in [6.07, 6.45) is 1.32. The Labute approximate surface area is 183 Å². The van der Waals surface area contributed by atoms with E-state index in [4.69, 9.17) is 16.3 Å². The summed E-state index contributed by atoms with van der Waals surface area (Å²) in [5, 5.41) is 3.49. The number of amides is 2. The molecule has 0 fully saturated rings. The molecule has 0 aromatic heterocycles. The number of ether oxygens (including phenoxy) is 1. The molecule has 1 N–H and O–H groups in total. The van der Waals surface area contributed by atoms with Gasteiger partial charge in [-0.2, -0.15) is 0 Å². The third kappa shape index (κ3) is 4.46. The smallest absolute Gasteiger partial charge is 0.275 e. The fraction of sp³-hybridized carbons (Fsp3) is 0.417. The Morgan fingerprint density at radius 3 is 2.57 bits per heavy atom. The summed E-state index contributed by atoms with van der Waals surface area (Å²) in [4.78, 5) is 27.5. The van der Waals surface area contributed by atoms with Gasteiger partial charge in [-0.1, -0.05) is 45.4 Å². The molecule has 160 valence electrons. The highest BCUT2D eigenvalue weighted by Crippen LogP contribution is 2.45. The van der Waals surface area contributed by atoms with Gasteiger partial charge in [-0.15, -0.1) is 0 Å². The zero-order chi connectivity index (χ0) is 22.1. The molecule has 1 heterocycles. The minimum Gasteiger partial charge on any atom is -0.475 e. The number of fused-ring (bicyclic) bond motifs is 1. The van der Waals surface area contributed by atoms with Crippen molar-refractivity contribution in [2.45, 2.75) is 53.1 Å². The van der Waals surface area contributed by atoms with Gasteiger partial charge in [0.15, 0.2) is 5.60 Å². The lowest BCUT2D eigenvalue weighted by Crippen LogP contribution is -2.53. The first-order valence-corrected chi connectivity index (χ1v) is 10.8. The van der Waals surface area contributed by atoms with Crippen LogP contribution in [0.2, 0.25) is 5.02 Å². The van der Waals surface area contributed by atoms with Crippen LogP contribution in [-0.2, 0) is 9.59 Å². The molecule has 5 nitrogen and oxygen atoms in total. The summed E-state index contributed by atoms with van der Waals surface area (Å²) < 4.78 is 6.26. The summed E-state index contributed by atoms with van der Waals surface area (Å²) >= 11 is 6.20. The van der Waals surface area contributed by atoms with Crippen molar-refractivity contribution < 1.29 is 14.3 Å². The molecule has 0 saturated carbocycles. The van der Waals surface area contributed by atoms with Crippen molar-refractivity contribution in [3.05, 3.63) is 47.5 Å². The molecular formula is C24H29ClN2O3. The fourth-order valence-corrected chi connectivity index (χ4v) is 3.91. The molecule has 0 bridgehead atoms. The predicted octanol–water partition coefficient (Wildman–Crippen LogP) is 6.19. The summed E-state index contributed by atoms with van der Waals surface area (Å²) in [5.41, 5.74) is 0.933. The Bertz CT molecular complexity index is 959. The summed E-state index contributed by atoms with van der Waals surface area (Å²) in [5.74, 6) is 0.552. The molecule has 1 aliphatic rings. The number of rotatable bonds is 6. The maximum absolute atomic E-state index is 13.5. The monoisotopic (exact) mass is 428 g/mol. The van der Waals surface area contributed by atoms with Gasteiger partial charge in [0.1, 0.15) is 5.75 Å². The summed E-state index contributed by atoms with van der Waals surface area (Å²) in [7, 11) is 0. The highest BCUT2D eigenvalue weighted by atomic mass is 35.5. The zero-order valence-corrected chi connectivity index (χ0v) is 18.9. The maximum atomic E-state index is 13.5. The van der Waals surface area contributed by atoms with Crippen LogP contribution in [0.1, 0.15) is 47.5 Å². The van der Waals surface area contributed by atoms with E-state index >= 15 is 0 Å². The quantitative estimate of drug-likeness (QED) is 0.597. The topological polar surface area (TPSA) is 58.6 Å². The van der Waals surface area contributed by atoms with Gasteiger partial charge in [0.05, 0.1) is 11.4 Å². The van der Waals surface area contributed by atoms with Gasteiger partial charge in [-0.05, 0) is 56.0 Å². The number of benzene rings is 2. The number of halogens is 1. The average Bonchev–Trinajstić information content (AvgIpc) is 2.67. The first-order chi connectivity index (χ1) is 14.1. The SMILES string of the molecule is CC[C@@H](C)C(=O)Nc1ccc2c(c1)OC(C)(CC(C)C)C(=O)N2c1cccc(Cl)c1. The Kier molecular flexibility index (Phi) is 6.41. The third-order valence-corrected chi connectivity index (χ3v) is 5.62. The molecule has 2 aromatic rings. The number of carbonyl (C=O) groups excluding carboxylic acids is 2. The summed E-state index contributed by atoms with van der Waals surface area (Å²) in [6.45, 7) is 9.81. The number of nitrogens with one attached hydrogen (secondary N) is 1. The molecule has 0 saturated heterocycles. The van der Waals surface area contributed by atoms with Gasteiger partial charge < -0.3 is 10.1 Å². The van der Waals surface area contributed by atoms with E-state index in [1.54, 1.807) is 35.2 Å². The van der Waals surface area contributed by atoms with Crippen molar-refractivity contribution in [3.8, 4) is 5.75 Å². The van der Waals surface area contributed by atoms with E-state index in [9.17, 15) is 9.59 Å². The van der Waals surface area contributed by atoms with Crippen LogP contribution in [0.3, 0.4) is 0 Å². The van der Waals surface area contributed by atoms with E-state index in [-0.39, 0.29) is 23.7 Å². The number of nitrogens with zero attached hydrogens (tertiary/aromatic N) is 1. The lowest BCUT2D eigenvalue weighted by atomic mass is 9.90. The van der Waals surface area contributed by atoms with Crippen molar-refractivity contribution in [1.82, 2.24) is 0 Å². The van der Waals surface area contributed by atoms with Gasteiger partial charge in [-0.25, -0.2) is 0 Å². The normalized spacial score (nSPS) is 19.3. The molecule has 1 unspecified atom stereocenters. The molecular weight excluding hydrogens is 400 g/mol. The van der Waals surface area contributed by atoms with Crippen LogP contribution in [0.4, 0.5) is 17.1 Å². The third-order valence-electron chi connectivity index (χ3n) is 5.38. The molecule has 2 aromatic carbocycles. The maximum Gasteiger partial charge on any atom is 0.275 e. The first kappa shape index (κ1) is 22.2. The molecule has 0 spiro atoms. The highest BCUT2D eigenvalue weighted by molar-refractivity contribution is 6.31. The van der Waals surface area contributed by atoms with Gasteiger partial charge >= 0.3 is 0 Å². The Morgan fingerprint density at radius 2 is 1.93 bits per heavy atom. The van der Waals surface area contributed by atoms with E-state index in [0.717, 1.165) is 6.42 Å². The second-order valence-electron chi connectivity index (χ2n) is 8.53. The number of hydrogen-bond donors (Lipinski definition) is 1. The second-order valence-corrected chi connectivity index (χ2v) is 8.97. The van der Waals surface area contributed by atoms with Gasteiger partial charge in [0.2, 0.25) is 5.91 Å². The Balaban J connectivity index is 2.06. The van der Waals surface area contributed by atoms with Crippen molar-refractivity contribution in [3.63, 3.8) is 0 Å². The van der Waals surface area contributed by atoms with E-state index in [1.807, 2.05) is 32.9 Å². The molecule has 6 heteroatoms. The minimum absolute atomic E-state index is 0.0408. The predicted molar refractivity (Wildman–Crippen MR) is 122 cm³/mol. The average molecular weight is 429 g/mol. The molecule has 3 rings (SSSR count). The molecule has 30 heavy (non-hydrogen) atoms. The molecule has 0 radical (unpaired) electrons. The second kappa shape index (κ2) is 8.68. The molecule has 0 aliphatic carbocycles. The highest BCUT2D eigenvalue weighted by Gasteiger charge is 2.45. The van der Waals surface area contributed by atoms with E-state index in [1.165, 1.54) is 0 Å². The van der Waals surface area contributed by atoms with Crippen molar-refractivity contribution in [1.29, 1.82) is 0 Å². The molecule has 2 amide bonds. The minimum atomic E-state index is -1.02. The lowest BCUT2D eigenvalue weighted by molar-refractivity contribution is -0.134. The van der Waals surface area contributed by atoms with Crippen LogP contribution in [0.15, 0.2) is 42.5 Å². The molecule has 1 aliphatic heterocycles. The van der Waals surface area contributed by atoms with Crippen LogP contribution in [0.25, 0.3) is 0 Å². The van der Waals surface area contributed by atoms with Gasteiger partial charge in [0, 0.05) is 22.7 Å². The van der Waals surface area contributed by atoms with Crippen LogP contribution in [0.5, 0.6) is 5.75 Å². The van der Waals surface area contributed by atoms with Gasteiger partial charge in [0.25, 0.3) is 5.91 Å². The zero-order valence-electron chi connectivity index (χ0n) is 18.2. The van der Waals surface area contributed by atoms with Crippen LogP contribution in [-0.4, -0.2) is 17.4 Å². The fourth-order valence-electron chi connectivity index (χ4n) is 3.72. The van der Waals surface area contributed by atoms with Crippen LogP contribution >= 0.6 is 11.6 Å². The summed E-state index contributed by atoms with van der Waals surface area (Å²) in [6, 6.07) is 12.6.